The average molecular weight is 379 g/mol. The van der Waals surface area contributed by atoms with Gasteiger partial charge >= 0.3 is 0 Å². The molecule has 0 spiro atoms. The molecule has 1 heterocycles. The lowest BCUT2D eigenvalue weighted by Crippen LogP contribution is -2.17. The number of nitrogens with one attached hydrogen (secondary N) is 1. The molecule has 1 N–H and O–H groups in total. The first kappa shape index (κ1) is 18.8. The highest BCUT2D eigenvalue weighted by atomic mass is 32.2. The van der Waals surface area contributed by atoms with Crippen molar-refractivity contribution in [2.75, 3.05) is 0 Å². The highest BCUT2D eigenvalue weighted by Gasteiger charge is 2.06. The molecule has 0 atom stereocenters. The van der Waals surface area contributed by atoms with E-state index in [9.17, 15) is 4.79 Å². The SMILES string of the molecule is Cc1ccc(/C=N\NC(=O)c2ccc(CSc3nncn3C)cc2)c(C)c1. The van der Waals surface area contributed by atoms with Crippen LogP contribution in [0.3, 0.4) is 0 Å². The Kier molecular flexibility index (Phi) is 6.03. The summed E-state index contributed by atoms with van der Waals surface area (Å²) in [6.45, 7) is 4.07. The summed E-state index contributed by atoms with van der Waals surface area (Å²) in [4.78, 5) is 12.2. The number of nitrogens with zero attached hydrogens (tertiary/aromatic N) is 4. The molecule has 0 unspecified atom stereocenters. The number of hydrogen-bond donors (Lipinski definition) is 1. The van der Waals surface area contributed by atoms with Gasteiger partial charge in [-0.05, 0) is 42.7 Å². The molecule has 7 heteroatoms. The third-order valence-corrected chi connectivity index (χ3v) is 5.15. The topological polar surface area (TPSA) is 72.2 Å². The fraction of sp³-hybridized carbons (Fsp3) is 0.200. The number of aryl methyl sites for hydroxylation is 3. The van der Waals surface area contributed by atoms with E-state index in [1.54, 1.807) is 36.4 Å². The van der Waals surface area contributed by atoms with Crippen LogP contribution in [0.15, 0.2) is 59.0 Å². The van der Waals surface area contributed by atoms with Gasteiger partial charge in [0.25, 0.3) is 5.91 Å². The Hall–Kier alpha value is -2.93. The molecule has 138 valence electrons. The summed E-state index contributed by atoms with van der Waals surface area (Å²) in [6.07, 6.45) is 3.34. The molecule has 0 aliphatic rings. The molecule has 0 radical (unpaired) electrons. The van der Waals surface area contributed by atoms with Crippen LogP contribution in [0.5, 0.6) is 0 Å². The van der Waals surface area contributed by atoms with Crippen LogP contribution in [0.25, 0.3) is 0 Å². The minimum Gasteiger partial charge on any atom is -0.312 e. The number of carbonyl (C=O) groups excluding carboxylic acids is 1. The van der Waals surface area contributed by atoms with Gasteiger partial charge in [-0.3, -0.25) is 4.79 Å². The van der Waals surface area contributed by atoms with Gasteiger partial charge in [0.2, 0.25) is 0 Å². The highest BCUT2D eigenvalue weighted by Crippen LogP contribution is 2.20. The molecule has 6 nitrogen and oxygen atoms in total. The molecular weight excluding hydrogens is 358 g/mol. The monoisotopic (exact) mass is 379 g/mol. The van der Waals surface area contributed by atoms with Crippen molar-refractivity contribution in [3.8, 4) is 0 Å². The number of aromatic nitrogens is 3. The maximum Gasteiger partial charge on any atom is 0.271 e. The first-order valence-electron chi connectivity index (χ1n) is 8.49. The smallest absolute Gasteiger partial charge is 0.271 e. The molecule has 1 aromatic heterocycles. The molecule has 0 aliphatic carbocycles. The zero-order chi connectivity index (χ0) is 19.2. The lowest BCUT2D eigenvalue weighted by molar-refractivity contribution is 0.0955. The van der Waals surface area contributed by atoms with Crippen molar-refractivity contribution < 1.29 is 4.79 Å². The van der Waals surface area contributed by atoms with E-state index in [1.807, 2.05) is 49.7 Å². The van der Waals surface area contributed by atoms with Crippen LogP contribution in [-0.4, -0.2) is 26.9 Å². The van der Waals surface area contributed by atoms with E-state index in [0.717, 1.165) is 27.6 Å². The number of hydrogen-bond acceptors (Lipinski definition) is 5. The minimum atomic E-state index is -0.233. The molecule has 3 rings (SSSR count). The fourth-order valence-electron chi connectivity index (χ4n) is 2.50. The van der Waals surface area contributed by atoms with Crippen molar-refractivity contribution in [2.45, 2.75) is 24.8 Å². The largest absolute Gasteiger partial charge is 0.312 e. The Morgan fingerprint density at radius 1 is 1.22 bits per heavy atom. The zero-order valence-electron chi connectivity index (χ0n) is 15.5. The van der Waals surface area contributed by atoms with Crippen molar-refractivity contribution in [1.82, 2.24) is 20.2 Å². The second kappa shape index (κ2) is 8.64. The van der Waals surface area contributed by atoms with Gasteiger partial charge in [0.05, 0.1) is 6.21 Å². The summed E-state index contributed by atoms with van der Waals surface area (Å²) in [5.41, 5.74) is 7.56. The van der Waals surface area contributed by atoms with E-state index in [0.29, 0.717) is 5.56 Å². The standard InChI is InChI=1S/C20H21N5OS/c1-14-4-7-18(15(2)10-14)11-21-23-19(26)17-8-5-16(6-9-17)12-27-20-24-22-13-25(20)3/h4-11,13H,12H2,1-3H3,(H,23,26)/b21-11-. The average Bonchev–Trinajstić information content (AvgIpc) is 3.07. The maximum atomic E-state index is 12.2. The summed E-state index contributed by atoms with van der Waals surface area (Å²) in [7, 11) is 1.91. The van der Waals surface area contributed by atoms with Crippen molar-refractivity contribution in [3.63, 3.8) is 0 Å². The van der Waals surface area contributed by atoms with E-state index < -0.39 is 0 Å². The van der Waals surface area contributed by atoms with Crippen LogP contribution in [0.4, 0.5) is 0 Å². The Morgan fingerprint density at radius 2 is 2.00 bits per heavy atom. The van der Waals surface area contributed by atoms with E-state index in [-0.39, 0.29) is 5.91 Å². The van der Waals surface area contributed by atoms with E-state index in [4.69, 9.17) is 0 Å². The quantitative estimate of drug-likeness (QED) is 0.404. The predicted molar refractivity (Wildman–Crippen MR) is 108 cm³/mol. The summed E-state index contributed by atoms with van der Waals surface area (Å²) >= 11 is 1.60. The van der Waals surface area contributed by atoms with Crippen LogP contribution < -0.4 is 5.43 Å². The zero-order valence-corrected chi connectivity index (χ0v) is 16.3. The number of rotatable bonds is 6. The summed E-state index contributed by atoms with van der Waals surface area (Å²) in [6, 6.07) is 13.6. The molecule has 0 aliphatic heterocycles. The number of amides is 1. The number of benzene rings is 2. The lowest BCUT2D eigenvalue weighted by Gasteiger charge is -2.04. The van der Waals surface area contributed by atoms with Gasteiger partial charge in [0.15, 0.2) is 5.16 Å². The highest BCUT2D eigenvalue weighted by molar-refractivity contribution is 7.98. The molecule has 2 aromatic carbocycles. The molecule has 0 fully saturated rings. The summed E-state index contributed by atoms with van der Waals surface area (Å²) in [5, 5.41) is 12.8. The molecule has 0 bridgehead atoms. The van der Waals surface area contributed by atoms with Crippen LogP contribution >= 0.6 is 11.8 Å². The first-order chi connectivity index (χ1) is 13.0. The third kappa shape index (κ3) is 5.04. The molecule has 27 heavy (non-hydrogen) atoms. The number of thioether (sulfide) groups is 1. The van der Waals surface area contributed by atoms with E-state index >= 15 is 0 Å². The summed E-state index contributed by atoms with van der Waals surface area (Å²) in [5.74, 6) is 0.530. The Balaban J connectivity index is 1.55. The van der Waals surface area contributed by atoms with Gasteiger partial charge in [-0.15, -0.1) is 10.2 Å². The van der Waals surface area contributed by atoms with Crippen LogP contribution in [-0.2, 0) is 12.8 Å². The summed E-state index contributed by atoms with van der Waals surface area (Å²) < 4.78 is 1.88. The van der Waals surface area contributed by atoms with Crippen LogP contribution in [0.1, 0.15) is 32.6 Å². The van der Waals surface area contributed by atoms with Gasteiger partial charge in [-0.1, -0.05) is 47.7 Å². The van der Waals surface area contributed by atoms with Crippen molar-refractivity contribution >= 4 is 23.9 Å². The van der Waals surface area contributed by atoms with Crippen molar-refractivity contribution in [1.29, 1.82) is 0 Å². The van der Waals surface area contributed by atoms with Gasteiger partial charge < -0.3 is 4.57 Å². The van der Waals surface area contributed by atoms with E-state index in [2.05, 4.69) is 26.8 Å². The molecule has 0 saturated carbocycles. The number of hydrazone groups is 1. The van der Waals surface area contributed by atoms with Gasteiger partial charge in [0, 0.05) is 18.4 Å². The van der Waals surface area contributed by atoms with Gasteiger partial charge in [0.1, 0.15) is 6.33 Å². The Labute approximate surface area is 162 Å². The van der Waals surface area contributed by atoms with Gasteiger partial charge in [-0.25, -0.2) is 5.43 Å². The van der Waals surface area contributed by atoms with Crippen LogP contribution in [0.2, 0.25) is 0 Å². The Bertz CT molecular complexity index is 963. The maximum absolute atomic E-state index is 12.2. The van der Waals surface area contributed by atoms with E-state index in [1.165, 1.54) is 5.56 Å². The Morgan fingerprint density at radius 3 is 2.67 bits per heavy atom. The van der Waals surface area contributed by atoms with Gasteiger partial charge in [-0.2, -0.15) is 5.10 Å². The second-order valence-corrected chi connectivity index (χ2v) is 7.21. The molecule has 3 aromatic rings. The van der Waals surface area contributed by atoms with Crippen molar-refractivity contribution in [3.05, 3.63) is 76.6 Å². The predicted octanol–water partition coefficient (Wildman–Crippen LogP) is 3.49. The second-order valence-electron chi connectivity index (χ2n) is 6.27. The molecular formula is C20H21N5OS. The lowest BCUT2D eigenvalue weighted by atomic mass is 10.1. The van der Waals surface area contributed by atoms with Crippen molar-refractivity contribution in [2.24, 2.45) is 12.1 Å². The molecule has 1 amide bonds. The third-order valence-electron chi connectivity index (χ3n) is 4.05. The normalized spacial score (nSPS) is 11.1. The minimum absolute atomic E-state index is 0.233. The fourth-order valence-corrected chi connectivity index (χ4v) is 3.34. The molecule has 0 saturated heterocycles. The number of carbonyl (C=O) groups is 1. The van der Waals surface area contributed by atoms with Crippen LogP contribution in [0, 0.1) is 13.8 Å². The first-order valence-corrected chi connectivity index (χ1v) is 9.48.